The van der Waals surface area contributed by atoms with Crippen LogP contribution < -0.4 is 11.2 Å². The Kier molecular flexibility index (Phi) is 5.02. The molecule has 3 nitrogen and oxygen atoms in total. The van der Waals surface area contributed by atoms with E-state index in [0.717, 1.165) is 25.7 Å². The first-order chi connectivity index (χ1) is 12.7. The number of fused-ring (bicyclic) bond motifs is 2. The second kappa shape index (κ2) is 7.58. The van der Waals surface area contributed by atoms with Gasteiger partial charge in [-0.05, 0) is 73.0 Å². The third-order valence-electron chi connectivity index (χ3n) is 5.75. The van der Waals surface area contributed by atoms with Gasteiger partial charge in [0, 0.05) is 11.8 Å². The Morgan fingerprint density at radius 2 is 1.38 bits per heavy atom. The van der Waals surface area contributed by atoms with Crippen molar-refractivity contribution in [2.45, 2.75) is 50.4 Å². The Hall–Kier alpha value is -2.20. The van der Waals surface area contributed by atoms with Crippen molar-refractivity contribution in [3.63, 3.8) is 0 Å². The lowest BCUT2D eigenvalue weighted by Gasteiger charge is -2.33. The monoisotopic (exact) mass is 363 g/mol. The number of hydrogen-bond donors (Lipinski definition) is 2. The molecular weight excluding hydrogens is 338 g/mol. The van der Waals surface area contributed by atoms with Crippen LogP contribution in [0.2, 0.25) is 0 Å². The van der Waals surface area contributed by atoms with Gasteiger partial charge in [0.25, 0.3) is 0 Å². The van der Waals surface area contributed by atoms with E-state index in [0.29, 0.717) is 11.8 Å². The largest absolute Gasteiger partial charge is 0.375 e. The van der Waals surface area contributed by atoms with E-state index in [1.807, 2.05) is 0 Å². The highest BCUT2D eigenvalue weighted by molar-refractivity contribution is 7.80. The van der Waals surface area contributed by atoms with Crippen molar-refractivity contribution in [2.75, 3.05) is 0 Å². The fourth-order valence-electron chi connectivity index (χ4n) is 4.64. The number of nitrogens with zero attached hydrogens (tertiary/aromatic N) is 1. The summed E-state index contributed by atoms with van der Waals surface area (Å²) in [7, 11) is 0. The summed E-state index contributed by atoms with van der Waals surface area (Å²) in [5.74, 6) is 0.663. The lowest BCUT2D eigenvalue weighted by atomic mass is 9.71. The summed E-state index contributed by atoms with van der Waals surface area (Å²) in [5.41, 5.74) is 15.5. The minimum atomic E-state index is 0.232. The molecule has 2 aliphatic rings. The quantitative estimate of drug-likeness (QED) is 0.482. The summed E-state index contributed by atoms with van der Waals surface area (Å²) >= 11 is 5.03. The first kappa shape index (κ1) is 17.2. The average molecular weight is 364 g/mol. The van der Waals surface area contributed by atoms with Gasteiger partial charge in [0.15, 0.2) is 5.11 Å². The molecule has 2 aromatic carbocycles. The van der Waals surface area contributed by atoms with Crippen molar-refractivity contribution in [3.05, 3.63) is 70.8 Å². The first-order valence-corrected chi connectivity index (χ1v) is 9.93. The van der Waals surface area contributed by atoms with E-state index in [1.165, 1.54) is 40.8 Å². The number of rotatable bonds is 3. The molecule has 0 radical (unpaired) electrons. The Labute approximate surface area is 160 Å². The van der Waals surface area contributed by atoms with Gasteiger partial charge in [-0.1, -0.05) is 48.5 Å². The van der Waals surface area contributed by atoms with Gasteiger partial charge < -0.3 is 5.73 Å². The van der Waals surface area contributed by atoms with E-state index in [9.17, 15) is 0 Å². The Morgan fingerprint density at radius 3 is 1.88 bits per heavy atom. The van der Waals surface area contributed by atoms with Gasteiger partial charge in [-0.25, -0.2) is 0 Å². The third kappa shape index (κ3) is 3.38. The lowest BCUT2D eigenvalue weighted by molar-refractivity contribution is 0.595. The van der Waals surface area contributed by atoms with Crippen molar-refractivity contribution in [2.24, 2.45) is 10.8 Å². The van der Waals surface area contributed by atoms with Gasteiger partial charge in [-0.15, -0.1) is 0 Å². The smallest absolute Gasteiger partial charge is 0.184 e. The van der Waals surface area contributed by atoms with Crippen LogP contribution >= 0.6 is 12.2 Å². The van der Waals surface area contributed by atoms with Gasteiger partial charge in [-0.2, -0.15) is 5.10 Å². The standard InChI is InChI=1S/C22H25N3S/c23-22(26)25-24-21(19-13-5-9-15-7-1-3-11-17(15)19)20-14-6-10-16-8-2-4-12-18(16)20/h1-4,7-8,11-12,19-20H,5-6,9-10,13-14H2,(H3,23,25,26). The molecule has 26 heavy (non-hydrogen) atoms. The lowest BCUT2D eigenvalue weighted by Crippen LogP contribution is -2.32. The highest BCUT2D eigenvalue weighted by Gasteiger charge is 2.33. The minimum Gasteiger partial charge on any atom is -0.375 e. The fourth-order valence-corrected chi connectivity index (χ4v) is 4.69. The molecule has 2 aliphatic carbocycles. The summed E-state index contributed by atoms with van der Waals surface area (Å²) in [4.78, 5) is 0. The molecule has 4 heteroatoms. The van der Waals surface area contributed by atoms with E-state index in [4.69, 9.17) is 23.1 Å². The van der Waals surface area contributed by atoms with E-state index >= 15 is 0 Å². The molecular formula is C22H25N3S. The number of hydrogen-bond acceptors (Lipinski definition) is 2. The maximum absolute atomic E-state index is 5.70. The second-order valence-corrected chi connectivity index (χ2v) is 7.74. The van der Waals surface area contributed by atoms with Crippen LogP contribution in [0.15, 0.2) is 53.6 Å². The van der Waals surface area contributed by atoms with Crippen LogP contribution in [0, 0.1) is 0 Å². The number of aryl methyl sites for hydroxylation is 2. The van der Waals surface area contributed by atoms with E-state index in [2.05, 4.69) is 54.0 Å². The normalized spacial score (nSPS) is 21.2. The number of benzene rings is 2. The molecule has 0 bridgehead atoms. The fraction of sp³-hybridized carbons (Fsp3) is 0.364. The highest BCUT2D eigenvalue weighted by atomic mass is 32.1. The van der Waals surface area contributed by atoms with Gasteiger partial charge in [-0.3, -0.25) is 5.43 Å². The summed E-state index contributed by atoms with van der Waals surface area (Å²) in [6.45, 7) is 0. The molecule has 0 aromatic heterocycles. The van der Waals surface area contributed by atoms with E-state index < -0.39 is 0 Å². The molecule has 134 valence electrons. The van der Waals surface area contributed by atoms with Crippen LogP contribution in [-0.4, -0.2) is 10.8 Å². The average Bonchev–Trinajstić information content (AvgIpc) is 2.68. The van der Waals surface area contributed by atoms with E-state index in [-0.39, 0.29) is 5.11 Å². The van der Waals surface area contributed by atoms with Crippen LogP contribution in [-0.2, 0) is 12.8 Å². The summed E-state index contributed by atoms with van der Waals surface area (Å²) in [6, 6.07) is 17.6. The summed E-state index contributed by atoms with van der Waals surface area (Å²) in [5, 5.41) is 5.00. The van der Waals surface area contributed by atoms with Crippen molar-refractivity contribution in [3.8, 4) is 0 Å². The molecule has 0 fully saturated rings. The van der Waals surface area contributed by atoms with Crippen molar-refractivity contribution >= 4 is 23.0 Å². The molecule has 0 spiro atoms. The number of hydrazone groups is 1. The minimum absolute atomic E-state index is 0.232. The van der Waals surface area contributed by atoms with Gasteiger partial charge >= 0.3 is 0 Å². The Balaban J connectivity index is 1.78. The number of nitrogens with two attached hydrogens (primary N) is 1. The SMILES string of the molecule is NC(=S)NN=C(C1CCCc2ccccc21)C1CCCc2ccccc21. The zero-order valence-corrected chi connectivity index (χ0v) is 15.8. The number of nitrogens with one attached hydrogen (secondary N) is 1. The van der Waals surface area contributed by atoms with Crippen molar-refractivity contribution in [1.29, 1.82) is 0 Å². The van der Waals surface area contributed by atoms with Crippen LogP contribution in [0.25, 0.3) is 0 Å². The molecule has 2 unspecified atom stereocenters. The molecule has 0 aliphatic heterocycles. The second-order valence-electron chi connectivity index (χ2n) is 7.30. The Bertz CT molecular complexity index is 783. The molecule has 2 aromatic rings. The first-order valence-electron chi connectivity index (χ1n) is 9.52. The zero-order chi connectivity index (χ0) is 17.9. The zero-order valence-electron chi connectivity index (χ0n) is 14.9. The van der Waals surface area contributed by atoms with Crippen LogP contribution in [0.3, 0.4) is 0 Å². The van der Waals surface area contributed by atoms with Crippen LogP contribution in [0.4, 0.5) is 0 Å². The predicted octanol–water partition coefficient (Wildman–Crippen LogP) is 4.42. The topological polar surface area (TPSA) is 50.4 Å². The molecule has 0 amide bonds. The van der Waals surface area contributed by atoms with Crippen LogP contribution in [0.5, 0.6) is 0 Å². The van der Waals surface area contributed by atoms with Gasteiger partial charge in [0.1, 0.15) is 0 Å². The third-order valence-corrected chi connectivity index (χ3v) is 5.84. The van der Waals surface area contributed by atoms with Gasteiger partial charge in [0.05, 0.1) is 5.71 Å². The molecule has 0 saturated heterocycles. The Morgan fingerprint density at radius 1 is 0.885 bits per heavy atom. The van der Waals surface area contributed by atoms with Gasteiger partial charge in [0.2, 0.25) is 0 Å². The molecule has 2 atom stereocenters. The summed E-state index contributed by atoms with van der Waals surface area (Å²) in [6.07, 6.45) is 6.97. The molecule has 0 saturated carbocycles. The van der Waals surface area contributed by atoms with E-state index in [1.54, 1.807) is 0 Å². The number of thiocarbonyl (C=S) groups is 1. The highest BCUT2D eigenvalue weighted by Crippen LogP contribution is 2.41. The van der Waals surface area contributed by atoms with Crippen LogP contribution in [0.1, 0.15) is 59.8 Å². The molecule has 3 N–H and O–H groups in total. The van der Waals surface area contributed by atoms with Crippen molar-refractivity contribution in [1.82, 2.24) is 5.43 Å². The molecule has 0 heterocycles. The maximum Gasteiger partial charge on any atom is 0.184 e. The predicted molar refractivity (Wildman–Crippen MR) is 112 cm³/mol. The van der Waals surface area contributed by atoms with Crippen molar-refractivity contribution < 1.29 is 0 Å². The summed E-state index contributed by atoms with van der Waals surface area (Å²) < 4.78 is 0. The maximum atomic E-state index is 5.70. The molecule has 4 rings (SSSR count).